The maximum Gasteiger partial charge on any atom is 0.351 e. The van der Waals surface area contributed by atoms with Crippen molar-refractivity contribution >= 4 is 5.97 Å². The molecule has 0 bridgehead atoms. The third kappa shape index (κ3) is 3.53. The summed E-state index contributed by atoms with van der Waals surface area (Å²) in [4.78, 5) is 12.1. The Hall–Kier alpha value is -1.50. The number of nitrogens with one attached hydrogen (secondary N) is 1. The molecule has 1 N–H and O–H groups in total. The van der Waals surface area contributed by atoms with Crippen LogP contribution in [0.1, 0.15) is 52.9 Å². The Bertz CT molecular complexity index is 454. The minimum absolute atomic E-state index is 0.156. The van der Waals surface area contributed by atoms with Crippen LogP contribution in [0.25, 0.3) is 0 Å². The molecule has 2 rings (SSSR count). The summed E-state index contributed by atoms with van der Waals surface area (Å²) in [5.41, 5.74) is 0.371. The number of hydrogen-bond acceptors (Lipinski definition) is 4. The number of ether oxygens (including phenoxy) is 1. The van der Waals surface area contributed by atoms with Crippen LogP contribution in [0, 0.1) is 23.2 Å². The number of rotatable bonds is 1. The van der Waals surface area contributed by atoms with Gasteiger partial charge in [0.2, 0.25) is 0 Å². The van der Waals surface area contributed by atoms with Gasteiger partial charge in [0.05, 0.1) is 0 Å². The molecule has 110 valence electrons. The highest BCUT2D eigenvalue weighted by atomic mass is 16.6. The van der Waals surface area contributed by atoms with E-state index in [0.29, 0.717) is 11.8 Å². The lowest BCUT2D eigenvalue weighted by molar-refractivity contribution is -0.149. The summed E-state index contributed by atoms with van der Waals surface area (Å²) < 4.78 is 5.32. The summed E-state index contributed by atoms with van der Waals surface area (Å²) in [6, 6.07) is 2.03. The molecule has 4 heteroatoms. The lowest BCUT2D eigenvalue weighted by Crippen LogP contribution is -2.38. The Labute approximate surface area is 121 Å². The minimum Gasteiger partial charge on any atom is -0.456 e. The van der Waals surface area contributed by atoms with Crippen molar-refractivity contribution in [2.75, 3.05) is 6.54 Å². The van der Waals surface area contributed by atoms with Crippen LogP contribution in [0.4, 0.5) is 0 Å². The summed E-state index contributed by atoms with van der Waals surface area (Å²) in [6.45, 7) is 6.33. The molecule has 0 radical (unpaired) electrons. The first-order valence-corrected chi connectivity index (χ1v) is 7.51. The predicted octanol–water partition coefficient (Wildman–Crippen LogP) is 2.91. The molecule has 2 unspecified atom stereocenters. The largest absolute Gasteiger partial charge is 0.456 e. The van der Waals surface area contributed by atoms with Gasteiger partial charge in [-0.2, -0.15) is 5.26 Å². The molecule has 1 saturated carbocycles. The molecular weight excluding hydrogens is 252 g/mol. The first kappa shape index (κ1) is 14.9. The maximum absolute atomic E-state index is 12.1. The highest BCUT2D eigenvalue weighted by Gasteiger charge is 2.32. The SMILES string of the molecule is CC(C)(C)OC(=O)/C(C#N)=C1/CC2CCCCC2CN1. The number of hydrogen-bond donors (Lipinski definition) is 1. The molecule has 1 aliphatic heterocycles. The number of piperidine rings is 1. The second-order valence-electron chi connectivity index (χ2n) is 6.86. The van der Waals surface area contributed by atoms with E-state index < -0.39 is 11.6 Å². The maximum atomic E-state index is 12.1. The fourth-order valence-corrected chi connectivity index (χ4v) is 3.17. The number of fused-ring (bicyclic) bond motifs is 1. The fourth-order valence-electron chi connectivity index (χ4n) is 3.17. The lowest BCUT2D eigenvalue weighted by Gasteiger charge is -2.37. The van der Waals surface area contributed by atoms with E-state index in [2.05, 4.69) is 5.32 Å². The zero-order chi connectivity index (χ0) is 14.8. The molecular formula is C16H24N2O2. The van der Waals surface area contributed by atoms with Crippen LogP contribution in [-0.4, -0.2) is 18.1 Å². The van der Waals surface area contributed by atoms with Gasteiger partial charge < -0.3 is 10.1 Å². The van der Waals surface area contributed by atoms with E-state index in [1.54, 1.807) is 0 Å². The Morgan fingerprint density at radius 3 is 2.55 bits per heavy atom. The monoisotopic (exact) mass is 276 g/mol. The molecule has 1 saturated heterocycles. The highest BCUT2D eigenvalue weighted by Crippen LogP contribution is 2.37. The second kappa shape index (κ2) is 5.87. The third-order valence-corrected chi connectivity index (χ3v) is 4.13. The Kier molecular flexibility index (Phi) is 4.37. The summed E-state index contributed by atoms with van der Waals surface area (Å²) in [5.74, 6) is 0.814. The number of carbonyl (C=O) groups excluding carboxylic acids is 1. The van der Waals surface area contributed by atoms with Crippen molar-refractivity contribution in [2.24, 2.45) is 11.8 Å². The summed E-state index contributed by atoms with van der Waals surface area (Å²) in [6.07, 6.45) is 5.86. The second-order valence-corrected chi connectivity index (χ2v) is 6.86. The van der Waals surface area contributed by atoms with Crippen molar-refractivity contribution in [1.29, 1.82) is 5.26 Å². The first-order valence-electron chi connectivity index (χ1n) is 7.51. The molecule has 4 nitrogen and oxygen atoms in total. The predicted molar refractivity (Wildman–Crippen MR) is 76.6 cm³/mol. The van der Waals surface area contributed by atoms with E-state index in [9.17, 15) is 10.1 Å². The van der Waals surface area contributed by atoms with Gasteiger partial charge in [0.15, 0.2) is 5.57 Å². The molecule has 1 aliphatic carbocycles. The quantitative estimate of drug-likeness (QED) is 0.454. The van der Waals surface area contributed by atoms with Gasteiger partial charge in [-0.05, 0) is 51.9 Å². The standard InChI is InChI=1S/C16H24N2O2/c1-16(2,3)20-15(19)13(9-17)14-8-11-6-4-5-7-12(11)10-18-14/h11-12,18H,4-8,10H2,1-3H3/b14-13-. The molecule has 0 aromatic rings. The van der Waals surface area contributed by atoms with Crippen LogP contribution < -0.4 is 5.32 Å². The van der Waals surface area contributed by atoms with Crippen LogP contribution in [0.2, 0.25) is 0 Å². The van der Waals surface area contributed by atoms with Crippen LogP contribution in [-0.2, 0) is 9.53 Å². The van der Waals surface area contributed by atoms with E-state index in [4.69, 9.17) is 4.74 Å². The van der Waals surface area contributed by atoms with Crippen molar-refractivity contribution in [3.63, 3.8) is 0 Å². The molecule has 0 aromatic heterocycles. The third-order valence-electron chi connectivity index (χ3n) is 4.13. The van der Waals surface area contributed by atoms with E-state index in [1.807, 2.05) is 26.8 Å². The van der Waals surface area contributed by atoms with Gasteiger partial charge in [-0.3, -0.25) is 0 Å². The number of esters is 1. The molecule has 0 aromatic carbocycles. The van der Waals surface area contributed by atoms with Gasteiger partial charge in [-0.15, -0.1) is 0 Å². The normalized spacial score (nSPS) is 28.7. The molecule has 2 atom stereocenters. The van der Waals surface area contributed by atoms with Crippen LogP contribution >= 0.6 is 0 Å². The Morgan fingerprint density at radius 2 is 1.95 bits per heavy atom. The fraction of sp³-hybridized carbons (Fsp3) is 0.750. The summed E-state index contributed by atoms with van der Waals surface area (Å²) in [5, 5.41) is 12.6. The van der Waals surface area contributed by atoms with Crippen molar-refractivity contribution < 1.29 is 9.53 Å². The van der Waals surface area contributed by atoms with Crippen molar-refractivity contribution in [3.8, 4) is 6.07 Å². The molecule has 0 amide bonds. The van der Waals surface area contributed by atoms with E-state index in [-0.39, 0.29) is 5.57 Å². The van der Waals surface area contributed by atoms with Crippen molar-refractivity contribution in [1.82, 2.24) is 5.32 Å². The van der Waals surface area contributed by atoms with E-state index in [1.165, 1.54) is 25.7 Å². The average Bonchev–Trinajstić information content (AvgIpc) is 2.37. The summed E-state index contributed by atoms with van der Waals surface area (Å²) >= 11 is 0. The van der Waals surface area contributed by atoms with E-state index in [0.717, 1.165) is 18.7 Å². The highest BCUT2D eigenvalue weighted by molar-refractivity contribution is 5.93. The van der Waals surface area contributed by atoms with Crippen molar-refractivity contribution in [3.05, 3.63) is 11.3 Å². The van der Waals surface area contributed by atoms with Gasteiger partial charge in [-0.1, -0.05) is 12.8 Å². The zero-order valence-electron chi connectivity index (χ0n) is 12.7. The topological polar surface area (TPSA) is 62.1 Å². The lowest BCUT2D eigenvalue weighted by atomic mass is 9.74. The van der Waals surface area contributed by atoms with Gasteiger partial charge in [0.1, 0.15) is 11.7 Å². The van der Waals surface area contributed by atoms with Crippen LogP contribution in [0.3, 0.4) is 0 Å². The average molecular weight is 276 g/mol. The molecule has 2 aliphatic rings. The van der Waals surface area contributed by atoms with Crippen molar-refractivity contribution in [2.45, 2.75) is 58.5 Å². The van der Waals surface area contributed by atoms with Gasteiger partial charge >= 0.3 is 5.97 Å². The first-order chi connectivity index (χ1) is 9.40. The van der Waals surface area contributed by atoms with Gasteiger partial charge in [0, 0.05) is 12.2 Å². The molecule has 0 spiro atoms. The van der Waals surface area contributed by atoms with Gasteiger partial charge in [-0.25, -0.2) is 4.79 Å². The number of allylic oxidation sites excluding steroid dienone is 1. The number of carbonyl (C=O) groups is 1. The van der Waals surface area contributed by atoms with Gasteiger partial charge in [0.25, 0.3) is 0 Å². The Balaban J connectivity index is 2.13. The smallest absolute Gasteiger partial charge is 0.351 e. The number of nitriles is 1. The van der Waals surface area contributed by atoms with Crippen LogP contribution in [0.15, 0.2) is 11.3 Å². The minimum atomic E-state index is -0.568. The Morgan fingerprint density at radius 1 is 1.30 bits per heavy atom. The molecule has 2 fully saturated rings. The van der Waals surface area contributed by atoms with E-state index >= 15 is 0 Å². The molecule has 20 heavy (non-hydrogen) atoms. The summed E-state index contributed by atoms with van der Waals surface area (Å²) in [7, 11) is 0. The number of nitrogens with zero attached hydrogens (tertiary/aromatic N) is 1. The zero-order valence-corrected chi connectivity index (χ0v) is 12.7. The molecule has 1 heterocycles. The van der Waals surface area contributed by atoms with Crippen LogP contribution in [0.5, 0.6) is 0 Å².